The number of nitrogens with zero attached hydrogens (tertiary/aromatic N) is 5. The van der Waals surface area contributed by atoms with Crippen molar-refractivity contribution in [3.63, 3.8) is 0 Å². The lowest BCUT2D eigenvalue weighted by atomic mass is 10.0. The minimum absolute atomic E-state index is 0.286. The molecule has 2 aromatic heterocycles. The molecule has 3 heterocycles. The molecule has 0 bridgehead atoms. The summed E-state index contributed by atoms with van der Waals surface area (Å²) in [6, 6.07) is 1.57. The van der Waals surface area contributed by atoms with Gasteiger partial charge in [0.15, 0.2) is 0 Å². The van der Waals surface area contributed by atoms with Crippen LogP contribution < -0.4 is 0 Å². The highest BCUT2D eigenvalue weighted by Crippen LogP contribution is 2.31. The number of piperidine rings is 1. The molecule has 1 aliphatic heterocycles. The van der Waals surface area contributed by atoms with Crippen molar-refractivity contribution in [2.75, 3.05) is 12.8 Å². The molecular formula is C14H19N5O2S. The van der Waals surface area contributed by atoms with E-state index >= 15 is 0 Å². The van der Waals surface area contributed by atoms with Crippen LogP contribution in [0.1, 0.15) is 36.8 Å². The first-order chi connectivity index (χ1) is 10.4. The van der Waals surface area contributed by atoms with Crippen LogP contribution in [-0.2, 0) is 10.0 Å². The van der Waals surface area contributed by atoms with E-state index in [0.29, 0.717) is 18.2 Å². The Bertz CT molecular complexity index is 758. The van der Waals surface area contributed by atoms with Crippen LogP contribution in [0, 0.1) is 6.92 Å². The topological polar surface area (TPSA) is 81.0 Å². The summed E-state index contributed by atoms with van der Waals surface area (Å²) in [5.74, 6) is 1.27. The number of hydrogen-bond donors (Lipinski definition) is 0. The Balaban J connectivity index is 2.03. The van der Waals surface area contributed by atoms with E-state index < -0.39 is 10.0 Å². The molecule has 0 spiro atoms. The zero-order valence-corrected chi connectivity index (χ0v) is 13.5. The molecule has 1 saturated heterocycles. The molecule has 22 heavy (non-hydrogen) atoms. The van der Waals surface area contributed by atoms with Gasteiger partial charge in [0.05, 0.1) is 12.3 Å². The summed E-state index contributed by atoms with van der Waals surface area (Å²) in [6.07, 6.45) is 9.01. The maximum absolute atomic E-state index is 12.0. The third-order valence-electron chi connectivity index (χ3n) is 3.80. The zero-order chi connectivity index (χ0) is 15.7. The zero-order valence-electron chi connectivity index (χ0n) is 12.7. The second kappa shape index (κ2) is 5.77. The van der Waals surface area contributed by atoms with E-state index in [0.717, 1.165) is 25.0 Å². The van der Waals surface area contributed by atoms with Crippen LogP contribution in [0.25, 0.3) is 5.82 Å². The van der Waals surface area contributed by atoms with Gasteiger partial charge in [-0.3, -0.25) is 4.57 Å². The number of rotatable bonds is 3. The number of sulfonamides is 1. The quantitative estimate of drug-likeness (QED) is 0.855. The first-order valence-electron chi connectivity index (χ1n) is 7.26. The maximum atomic E-state index is 12.0. The fourth-order valence-electron chi connectivity index (χ4n) is 2.81. The highest BCUT2D eigenvalue weighted by molar-refractivity contribution is 7.88. The van der Waals surface area contributed by atoms with Crippen molar-refractivity contribution >= 4 is 10.0 Å². The van der Waals surface area contributed by atoms with Gasteiger partial charge >= 0.3 is 0 Å². The van der Waals surface area contributed by atoms with Crippen molar-refractivity contribution in [1.82, 2.24) is 23.8 Å². The molecule has 1 fully saturated rings. The fraction of sp³-hybridized carbons (Fsp3) is 0.500. The highest BCUT2D eigenvalue weighted by Gasteiger charge is 2.32. The van der Waals surface area contributed by atoms with Crippen molar-refractivity contribution in [3.8, 4) is 5.82 Å². The SMILES string of the molecule is Cc1cc(-n2ccnc2)nc([C@@H]2CCCCN2S(C)(=O)=O)n1. The lowest BCUT2D eigenvalue weighted by Gasteiger charge is -2.32. The predicted octanol–water partition coefficient (Wildman–Crippen LogP) is 1.46. The standard InChI is InChI=1S/C14H19N5O2S/c1-11-9-13(18-8-6-15-10-18)17-14(16-11)12-5-3-4-7-19(12)22(2,20)21/h6,8-10,12H,3-5,7H2,1-2H3/t12-/m0/s1. The van der Waals surface area contributed by atoms with E-state index in [9.17, 15) is 8.42 Å². The van der Waals surface area contributed by atoms with E-state index in [-0.39, 0.29) is 6.04 Å². The summed E-state index contributed by atoms with van der Waals surface area (Å²) >= 11 is 0. The van der Waals surface area contributed by atoms with Gasteiger partial charge in [-0.05, 0) is 19.8 Å². The van der Waals surface area contributed by atoms with Crippen molar-refractivity contribution in [3.05, 3.63) is 36.3 Å². The van der Waals surface area contributed by atoms with Crippen LogP contribution in [0.5, 0.6) is 0 Å². The van der Waals surface area contributed by atoms with Gasteiger partial charge in [-0.2, -0.15) is 4.31 Å². The van der Waals surface area contributed by atoms with Gasteiger partial charge in [-0.1, -0.05) is 6.42 Å². The predicted molar refractivity (Wildman–Crippen MR) is 82.0 cm³/mol. The normalized spacial score (nSPS) is 20.2. The Morgan fingerprint density at radius 1 is 1.27 bits per heavy atom. The summed E-state index contributed by atoms with van der Waals surface area (Å²) in [4.78, 5) is 13.1. The second-order valence-corrected chi connectivity index (χ2v) is 7.52. The largest absolute Gasteiger partial charge is 0.290 e. The molecule has 7 nitrogen and oxygen atoms in total. The molecule has 0 amide bonds. The summed E-state index contributed by atoms with van der Waals surface area (Å²) in [5, 5.41) is 0. The van der Waals surface area contributed by atoms with E-state index in [4.69, 9.17) is 0 Å². The summed E-state index contributed by atoms with van der Waals surface area (Å²) in [7, 11) is -3.27. The van der Waals surface area contributed by atoms with E-state index in [2.05, 4.69) is 15.0 Å². The number of imidazole rings is 1. The van der Waals surface area contributed by atoms with Crippen LogP contribution >= 0.6 is 0 Å². The Morgan fingerprint density at radius 3 is 2.77 bits per heavy atom. The third-order valence-corrected chi connectivity index (χ3v) is 5.09. The van der Waals surface area contributed by atoms with E-state index in [1.54, 1.807) is 23.3 Å². The molecule has 0 radical (unpaired) electrons. The molecule has 1 atom stereocenters. The summed E-state index contributed by atoms with van der Waals surface area (Å²) < 4.78 is 27.4. The van der Waals surface area contributed by atoms with E-state index in [1.165, 1.54) is 10.6 Å². The van der Waals surface area contributed by atoms with Gasteiger partial charge < -0.3 is 0 Å². The van der Waals surface area contributed by atoms with Crippen LogP contribution in [0.15, 0.2) is 24.8 Å². The molecule has 3 rings (SSSR count). The van der Waals surface area contributed by atoms with Gasteiger partial charge in [0.1, 0.15) is 18.0 Å². The molecule has 0 N–H and O–H groups in total. The average Bonchev–Trinajstić information content (AvgIpc) is 3.00. The lowest BCUT2D eigenvalue weighted by Crippen LogP contribution is -2.38. The van der Waals surface area contributed by atoms with Gasteiger partial charge in [0.25, 0.3) is 0 Å². The minimum Gasteiger partial charge on any atom is -0.290 e. The van der Waals surface area contributed by atoms with Crippen LogP contribution in [0.2, 0.25) is 0 Å². The Labute approximate surface area is 130 Å². The highest BCUT2D eigenvalue weighted by atomic mass is 32.2. The Kier molecular flexibility index (Phi) is 3.96. The number of aryl methyl sites for hydroxylation is 1. The van der Waals surface area contributed by atoms with Crippen LogP contribution in [0.4, 0.5) is 0 Å². The van der Waals surface area contributed by atoms with Crippen molar-refractivity contribution in [1.29, 1.82) is 0 Å². The summed E-state index contributed by atoms with van der Waals surface area (Å²) in [5.41, 5.74) is 0.813. The maximum Gasteiger partial charge on any atom is 0.211 e. The van der Waals surface area contributed by atoms with Crippen LogP contribution in [-0.4, -0.2) is 45.0 Å². The molecule has 8 heteroatoms. The van der Waals surface area contributed by atoms with Gasteiger partial charge in [-0.25, -0.2) is 23.4 Å². The van der Waals surface area contributed by atoms with Gasteiger partial charge in [0, 0.05) is 30.7 Å². The van der Waals surface area contributed by atoms with Crippen molar-refractivity contribution in [2.24, 2.45) is 0 Å². The Morgan fingerprint density at radius 2 is 2.09 bits per heavy atom. The fourth-order valence-corrected chi connectivity index (χ4v) is 3.93. The second-order valence-electron chi connectivity index (χ2n) is 5.58. The molecule has 0 aliphatic carbocycles. The van der Waals surface area contributed by atoms with Gasteiger partial charge in [0.2, 0.25) is 10.0 Å². The van der Waals surface area contributed by atoms with Gasteiger partial charge in [-0.15, -0.1) is 0 Å². The number of hydrogen-bond acceptors (Lipinski definition) is 5. The van der Waals surface area contributed by atoms with Crippen molar-refractivity contribution in [2.45, 2.75) is 32.2 Å². The minimum atomic E-state index is -3.27. The monoisotopic (exact) mass is 321 g/mol. The molecule has 0 saturated carbocycles. The molecule has 0 aromatic carbocycles. The molecule has 1 aliphatic rings. The first kappa shape index (κ1) is 15.1. The van der Waals surface area contributed by atoms with Crippen LogP contribution in [0.3, 0.4) is 0 Å². The Hall–Kier alpha value is -1.80. The average molecular weight is 321 g/mol. The molecule has 118 valence electrons. The number of aromatic nitrogens is 4. The molecular weight excluding hydrogens is 302 g/mol. The smallest absolute Gasteiger partial charge is 0.211 e. The molecule has 2 aromatic rings. The van der Waals surface area contributed by atoms with E-state index in [1.807, 2.05) is 13.0 Å². The molecule has 0 unspecified atom stereocenters. The first-order valence-corrected chi connectivity index (χ1v) is 9.11. The summed E-state index contributed by atoms with van der Waals surface area (Å²) in [6.45, 7) is 2.42. The third kappa shape index (κ3) is 3.02. The lowest BCUT2D eigenvalue weighted by molar-refractivity contribution is 0.247. The van der Waals surface area contributed by atoms with Crippen molar-refractivity contribution < 1.29 is 8.42 Å².